The highest BCUT2D eigenvalue weighted by Gasteiger charge is 2.40. The van der Waals surface area contributed by atoms with E-state index in [1.54, 1.807) is 18.2 Å². The minimum Gasteiger partial charge on any atom is -0.480 e. The van der Waals surface area contributed by atoms with Crippen LogP contribution in [-0.2, 0) is 14.6 Å². The third-order valence-electron chi connectivity index (χ3n) is 3.78. The SMILES string of the molecule is CS(=O)(=O)c1ccccc1NC1(C(=O)O)CCCCC1. The van der Waals surface area contributed by atoms with Gasteiger partial charge < -0.3 is 10.4 Å². The van der Waals surface area contributed by atoms with E-state index >= 15 is 0 Å². The number of hydrogen-bond donors (Lipinski definition) is 2. The second-order valence-electron chi connectivity index (χ2n) is 5.34. The van der Waals surface area contributed by atoms with Gasteiger partial charge in [-0.2, -0.15) is 0 Å². The Bertz CT molecular complexity index is 603. The van der Waals surface area contributed by atoms with Gasteiger partial charge in [-0.05, 0) is 25.0 Å². The quantitative estimate of drug-likeness (QED) is 0.891. The topological polar surface area (TPSA) is 83.5 Å². The molecule has 0 saturated heterocycles. The van der Waals surface area contributed by atoms with Crippen LogP contribution in [0, 0.1) is 0 Å². The summed E-state index contributed by atoms with van der Waals surface area (Å²) >= 11 is 0. The van der Waals surface area contributed by atoms with Crippen molar-refractivity contribution >= 4 is 21.5 Å². The van der Waals surface area contributed by atoms with Crippen LogP contribution in [0.5, 0.6) is 0 Å². The molecule has 1 fully saturated rings. The molecular formula is C14H19NO4S. The lowest BCUT2D eigenvalue weighted by Gasteiger charge is -2.35. The molecule has 6 heteroatoms. The van der Waals surface area contributed by atoms with E-state index in [-0.39, 0.29) is 4.90 Å². The summed E-state index contributed by atoms with van der Waals surface area (Å²) in [6, 6.07) is 6.46. The maximum atomic E-state index is 11.8. The molecular weight excluding hydrogens is 278 g/mol. The van der Waals surface area contributed by atoms with Crippen LogP contribution in [0.15, 0.2) is 29.2 Å². The van der Waals surface area contributed by atoms with E-state index < -0.39 is 21.3 Å². The Morgan fingerprint density at radius 1 is 1.20 bits per heavy atom. The highest BCUT2D eigenvalue weighted by molar-refractivity contribution is 7.90. The summed E-state index contributed by atoms with van der Waals surface area (Å²) in [5.74, 6) is -0.916. The molecule has 0 bridgehead atoms. The summed E-state index contributed by atoms with van der Waals surface area (Å²) in [7, 11) is -3.39. The van der Waals surface area contributed by atoms with Crippen LogP contribution in [0.2, 0.25) is 0 Å². The number of para-hydroxylation sites is 1. The number of benzene rings is 1. The molecule has 0 unspecified atom stereocenters. The van der Waals surface area contributed by atoms with Crippen LogP contribution in [0.25, 0.3) is 0 Å². The van der Waals surface area contributed by atoms with Crippen LogP contribution in [0.3, 0.4) is 0 Å². The van der Waals surface area contributed by atoms with Crippen molar-refractivity contribution in [2.24, 2.45) is 0 Å². The predicted octanol–water partition coefficient (Wildman–Crippen LogP) is 2.29. The monoisotopic (exact) mass is 297 g/mol. The van der Waals surface area contributed by atoms with Crippen molar-refractivity contribution < 1.29 is 18.3 Å². The molecule has 0 radical (unpaired) electrons. The molecule has 0 spiro atoms. The van der Waals surface area contributed by atoms with Crippen molar-refractivity contribution in [2.45, 2.75) is 42.5 Å². The molecule has 1 aliphatic carbocycles. The van der Waals surface area contributed by atoms with E-state index in [9.17, 15) is 18.3 Å². The molecule has 2 rings (SSSR count). The van der Waals surface area contributed by atoms with Crippen LogP contribution < -0.4 is 5.32 Å². The normalized spacial score (nSPS) is 18.4. The van der Waals surface area contributed by atoms with Gasteiger partial charge in [-0.1, -0.05) is 31.4 Å². The largest absolute Gasteiger partial charge is 0.480 e. The predicted molar refractivity (Wildman–Crippen MR) is 76.6 cm³/mol. The van der Waals surface area contributed by atoms with Gasteiger partial charge in [0.15, 0.2) is 9.84 Å². The number of carbonyl (C=O) groups is 1. The fourth-order valence-corrected chi connectivity index (χ4v) is 3.54. The number of sulfone groups is 1. The third kappa shape index (κ3) is 2.95. The number of hydrogen-bond acceptors (Lipinski definition) is 4. The smallest absolute Gasteiger partial charge is 0.329 e. The van der Waals surface area contributed by atoms with Crippen molar-refractivity contribution in [1.82, 2.24) is 0 Å². The molecule has 0 heterocycles. The molecule has 110 valence electrons. The van der Waals surface area contributed by atoms with Crippen LogP contribution >= 0.6 is 0 Å². The minimum atomic E-state index is -3.39. The third-order valence-corrected chi connectivity index (χ3v) is 4.93. The van der Waals surface area contributed by atoms with Crippen molar-refractivity contribution in [3.05, 3.63) is 24.3 Å². The fraction of sp³-hybridized carbons (Fsp3) is 0.500. The van der Waals surface area contributed by atoms with Crippen molar-refractivity contribution in [2.75, 3.05) is 11.6 Å². The van der Waals surface area contributed by atoms with Gasteiger partial charge in [0.1, 0.15) is 5.54 Å². The number of carboxylic acid groups (broad SMARTS) is 1. The molecule has 1 aromatic carbocycles. The first-order chi connectivity index (χ1) is 9.35. The van der Waals surface area contributed by atoms with E-state index in [1.165, 1.54) is 6.07 Å². The Hall–Kier alpha value is -1.56. The van der Waals surface area contributed by atoms with Gasteiger partial charge in [0.25, 0.3) is 0 Å². The zero-order valence-electron chi connectivity index (χ0n) is 11.4. The van der Waals surface area contributed by atoms with Gasteiger partial charge in [-0.25, -0.2) is 13.2 Å². The lowest BCUT2D eigenvalue weighted by Crippen LogP contribution is -2.48. The molecule has 20 heavy (non-hydrogen) atoms. The maximum Gasteiger partial charge on any atom is 0.329 e. The second kappa shape index (κ2) is 5.44. The maximum absolute atomic E-state index is 11.8. The number of aliphatic carboxylic acids is 1. The molecule has 0 amide bonds. The molecule has 2 N–H and O–H groups in total. The molecule has 1 aromatic rings. The Labute approximate surface area is 118 Å². The number of carboxylic acids is 1. The Morgan fingerprint density at radius 2 is 1.80 bits per heavy atom. The summed E-state index contributed by atoms with van der Waals surface area (Å²) in [5, 5.41) is 12.5. The van der Waals surface area contributed by atoms with E-state index in [1.807, 2.05) is 0 Å². The van der Waals surface area contributed by atoms with Gasteiger partial charge in [0.05, 0.1) is 10.6 Å². The first-order valence-electron chi connectivity index (χ1n) is 6.66. The number of anilines is 1. The highest BCUT2D eigenvalue weighted by atomic mass is 32.2. The van der Waals surface area contributed by atoms with Crippen molar-refractivity contribution in [3.63, 3.8) is 0 Å². The molecule has 0 aliphatic heterocycles. The molecule has 1 aliphatic rings. The fourth-order valence-electron chi connectivity index (χ4n) is 2.70. The Kier molecular flexibility index (Phi) is 4.04. The van der Waals surface area contributed by atoms with Crippen LogP contribution in [-0.4, -0.2) is 31.3 Å². The summed E-state index contributed by atoms with van der Waals surface area (Å²) in [6.45, 7) is 0. The van der Waals surface area contributed by atoms with E-state index in [2.05, 4.69) is 5.32 Å². The summed E-state index contributed by atoms with van der Waals surface area (Å²) in [6.07, 6.45) is 4.84. The van der Waals surface area contributed by atoms with Crippen LogP contribution in [0.1, 0.15) is 32.1 Å². The zero-order chi connectivity index (χ0) is 14.8. The molecule has 1 saturated carbocycles. The second-order valence-corrected chi connectivity index (χ2v) is 7.33. The van der Waals surface area contributed by atoms with Gasteiger partial charge in [-0.3, -0.25) is 0 Å². The molecule has 0 atom stereocenters. The highest BCUT2D eigenvalue weighted by Crippen LogP contribution is 2.34. The summed E-state index contributed by atoms with van der Waals surface area (Å²) in [4.78, 5) is 11.8. The Morgan fingerprint density at radius 3 is 2.35 bits per heavy atom. The number of rotatable bonds is 4. The van der Waals surface area contributed by atoms with Crippen molar-refractivity contribution in [1.29, 1.82) is 0 Å². The van der Waals surface area contributed by atoms with E-state index in [4.69, 9.17) is 0 Å². The first kappa shape index (κ1) is 14.8. The van der Waals surface area contributed by atoms with Gasteiger partial charge in [-0.15, -0.1) is 0 Å². The molecule has 0 aromatic heterocycles. The van der Waals surface area contributed by atoms with Gasteiger partial charge in [0, 0.05) is 6.26 Å². The van der Waals surface area contributed by atoms with E-state index in [0.717, 1.165) is 25.5 Å². The van der Waals surface area contributed by atoms with Crippen molar-refractivity contribution in [3.8, 4) is 0 Å². The average Bonchev–Trinajstić information content (AvgIpc) is 2.39. The Balaban J connectivity index is 2.40. The lowest BCUT2D eigenvalue weighted by atomic mass is 9.81. The van der Waals surface area contributed by atoms with Crippen LogP contribution in [0.4, 0.5) is 5.69 Å². The summed E-state index contributed by atoms with van der Waals surface area (Å²) < 4.78 is 23.6. The minimum absolute atomic E-state index is 0.145. The standard InChI is InChI=1S/C14H19NO4S/c1-20(18,19)12-8-4-3-7-11(12)15-14(13(16)17)9-5-2-6-10-14/h3-4,7-8,15H,2,5-6,9-10H2,1H3,(H,16,17). The van der Waals surface area contributed by atoms with E-state index in [0.29, 0.717) is 18.5 Å². The lowest BCUT2D eigenvalue weighted by molar-refractivity contribution is -0.143. The zero-order valence-corrected chi connectivity index (χ0v) is 12.2. The number of nitrogens with one attached hydrogen (secondary N) is 1. The summed E-state index contributed by atoms with van der Waals surface area (Å²) in [5.41, 5.74) is -0.682. The molecule has 5 nitrogen and oxygen atoms in total. The first-order valence-corrected chi connectivity index (χ1v) is 8.55. The van der Waals surface area contributed by atoms with Gasteiger partial charge in [0.2, 0.25) is 0 Å². The van der Waals surface area contributed by atoms with Gasteiger partial charge >= 0.3 is 5.97 Å². The average molecular weight is 297 g/mol.